The Kier molecular flexibility index (Phi) is 2.92. The van der Waals surface area contributed by atoms with Crippen LogP contribution in [0, 0.1) is 5.92 Å². The average molecular weight is 264 g/mol. The topological polar surface area (TPSA) is 44.5 Å². The second kappa shape index (κ2) is 4.42. The van der Waals surface area contributed by atoms with Crippen molar-refractivity contribution in [3.63, 3.8) is 0 Å². The lowest BCUT2D eigenvalue weighted by Crippen LogP contribution is -2.68. The normalized spacial score (nSPS) is 53.7. The highest BCUT2D eigenvalue weighted by Crippen LogP contribution is 2.39. The Morgan fingerprint density at radius 2 is 1.68 bits per heavy atom. The molecule has 19 heavy (non-hydrogen) atoms. The Morgan fingerprint density at radius 1 is 1.05 bits per heavy atom. The molecule has 5 rings (SSSR count). The van der Waals surface area contributed by atoms with E-state index >= 15 is 0 Å². The number of nitrogens with zero attached hydrogens (tertiary/aromatic N) is 2. The van der Waals surface area contributed by atoms with E-state index in [1.807, 2.05) is 0 Å². The Labute approximate surface area is 116 Å². The van der Waals surface area contributed by atoms with Gasteiger partial charge in [0, 0.05) is 12.1 Å². The van der Waals surface area contributed by atoms with Crippen molar-refractivity contribution in [3.05, 3.63) is 0 Å². The second-order valence-corrected chi connectivity index (χ2v) is 7.49. The standard InChI is InChI=1S/C15H28N4/c1-18-12-2-3-13(18)10-15(16,9-12)17-14-8-11-4-6-19(14)7-5-11/h11-14,17H,2-10,16H2,1H3. The summed E-state index contributed by atoms with van der Waals surface area (Å²) in [6.45, 7) is 2.57. The van der Waals surface area contributed by atoms with E-state index in [9.17, 15) is 0 Å². The number of fused-ring (bicyclic) bond motifs is 5. The summed E-state index contributed by atoms with van der Waals surface area (Å²) < 4.78 is 0. The first-order valence-corrected chi connectivity index (χ1v) is 8.15. The minimum absolute atomic E-state index is 0.111. The van der Waals surface area contributed by atoms with Crippen LogP contribution in [0.15, 0.2) is 0 Å². The molecule has 0 aromatic heterocycles. The van der Waals surface area contributed by atoms with Crippen molar-refractivity contribution in [3.8, 4) is 0 Å². The fourth-order valence-corrected chi connectivity index (χ4v) is 5.07. The SMILES string of the molecule is CN1C2CCC1CC(N)(NC1CC3CCN1CC3)C2. The lowest BCUT2D eigenvalue weighted by atomic mass is 9.84. The first-order valence-electron chi connectivity index (χ1n) is 8.15. The third kappa shape index (κ3) is 2.13. The van der Waals surface area contributed by atoms with Gasteiger partial charge in [0.2, 0.25) is 0 Å². The maximum absolute atomic E-state index is 6.74. The predicted molar refractivity (Wildman–Crippen MR) is 76.6 cm³/mol. The van der Waals surface area contributed by atoms with E-state index in [1.165, 1.54) is 45.2 Å². The summed E-state index contributed by atoms with van der Waals surface area (Å²) in [5, 5.41) is 3.86. The molecule has 0 saturated carbocycles. The fraction of sp³-hybridized carbons (Fsp3) is 1.00. The molecular formula is C15H28N4. The van der Waals surface area contributed by atoms with Gasteiger partial charge in [-0.3, -0.25) is 10.2 Å². The number of hydrogen-bond donors (Lipinski definition) is 2. The van der Waals surface area contributed by atoms with E-state index in [1.54, 1.807) is 0 Å². The van der Waals surface area contributed by atoms with Crippen LogP contribution in [-0.2, 0) is 0 Å². The number of hydrogen-bond acceptors (Lipinski definition) is 4. The Morgan fingerprint density at radius 3 is 2.21 bits per heavy atom. The number of nitrogens with one attached hydrogen (secondary N) is 1. The summed E-state index contributed by atoms with van der Waals surface area (Å²) in [5.41, 5.74) is 6.63. The van der Waals surface area contributed by atoms with Crippen molar-refractivity contribution >= 4 is 0 Å². The van der Waals surface area contributed by atoms with Gasteiger partial charge in [-0.2, -0.15) is 0 Å². The third-order valence-corrected chi connectivity index (χ3v) is 6.29. The third-order valence-electron chi connectivity index (χ3n) is 6.29. The summed E-state index contributed by atoms with van der Waals surface area (Å²) in [4.78, 5) is 5.20. The van der Waals surface area contributed by atoms with E-state index in [2.05, 4.69) is 22.2 Å². The molecule has 5 aliphatic rings. The molecule has 0 aromatic carbocycles. The predicted octanol–water partition coefficient (Wildman–Crippen LogP) is 0.929. The smallest absolute Gasteiger partial charge is 0.0704 e. The largest absolute Gasteiger partial charge is 0.313 e. The molecular weight excluding hydrogens is 236 g/mol. The molecule has 5 aliphatic heterocycles. The molecule has 5 fully saturated rings. The molecule has 0 aromatic rings. The molecule has 4 heteroatoms. The van der Waals surface area contributed by atoms with Gasteiger partial charge in [-0.25, -0.2) is 0 Å². The molecule has 0 aliphatic carbocycles. The minimum atomic E-state index is -0.111. The summed E-state index contributed by atoms with van der Waals surface area (Å²) in [5.74, 6) is 0.953. The molecule has 0 spiro atoms. The molecule has 0 radical (unpaired) electrons. The summed E-state index contributed by atoms with van der Waals surface area (Å²) in [6.07, 6.45) is 9.65. The lowest BCUT2D eigenvalue weighted by molar-refractivity contribution is -0.00793. The van der Waals surface area contributed by atoms with E-state index < -0.39 is 0 Å². The van der Waals surface area contributed by atoms with Crippen LogP contribution in [0.3, 0.4) is 0 Å². The Hall–Kier alpha value is -0.160. The molecule has 5 heterocycles. The monoisotopic (exact) mass is 264 g/mol. The van der Waals surface area contributed by atoms with Crippen molar-refractivity contribution in [1.29, 1.82) is 0 Å². The summed E-state index contributed by atoms with van der Waals surface area (Å²) in [7, 11) is 2.29. The number of rotatable bonds is 2. The second-order valence-electron chi connectivity index (χ2n) is 7.49. The van der Waals surface area contributed by atoms with Crippen LogP contribution >= 0.6 is 0 Å². The van der Waals surface area contributed by atoms with Crippen molar-refractivity contribution < 1.29 is 0 Å². The molecule has 4 nitrogen and oxygen atoms in total. The molecule has 3 N–H and O–H groups in total. The van der Waals surface area contributed by atoms with Crippen LogP contribution in [0.1, 0.15) is 44.9 Å². The number of piperidine rings is 4. The van der Waals surface area contributed by atoms with Gasteiger partial charge in [0.1, 0.15) is 0 Å². The highest BCUT2D eigenvalue weighted by Gasteiger charge is 2.47. The van der Waals surface area contributed by atoms with E-state index in [-0.39, 0.29) is 5.66 Å². The van der Waals surface area contributed by atoms with Gasteiger partial charge < -0.3 is 10.6 Å². The zero-order valence-electron chi connectivity index (χ0n) is 12.1. The van der Waals surface area contributed by atoms with Gasteiger partial charge in [0.15, 0.2) is 0 Å². The van der Waals surface area contributed by atoms with Crippen molar-refractivity contribution in [1.82, 2.24) is 15.1 Å². The highest BCUT2D eigenvalue weighted by atomic mass is 15.3. The van der Waals surface area contributed by atoms with Crippen molar-refractivity contribution in [2.45, 2.75) is 68.9 Å². The lowest BCUT2D eigenvalue weighted by Gasteiger charge is -2.51. The first kappa shape index (κ1) is 12.6. The Bertz CT molecular complexity index is 336. The van der Waals surface area contributed by atoms with Crippen molar-refractivity contribution in [2.75, 3.05) is 20.1 Å². The maximum atomic E-state index is 6.74. The van der Waals surface area contributed by atoms with Crippen LogP contribution in [0.25, 0.3) is 0 Å². The van der Waals surface area contributed by atoms with Gasteiger partial charge in [-0.1, -0.05) is 0 Å². The highest BCUT2D eigenvalue weighted by molar-refractivity contribution is 5.03. The van der Waals surface area contributed by atoms with Gasteiger partial charge in [-0.15, -0.1) is 0 Å². The van der Waals surface area contributed by atoms with E-state index in [4.69, 9.17) is 5.73 Å². The van der Waals surface area contributed by atoms with Gasteiger partial charge in [-0.05, 0) is 71.0 Å². The molecule has 108 valence electrons. The molecule has 4 bridgehead atoms. The van der Waals surface area contributed by atoms with Crippen molar-refractivity contribution in [2.24, 2.45) is 11.7 Å². The zero-order valence-corrected chi connectivity index (χ0v) is 12.1. The Balaban J connectivity index is 1.45. The average Bonchev–Trinajstić information content (AvgIpc) is 2.63. The van der Waals surface area contributed by atoms with Gasteiger partial charge >= 0.3 is 0 Å². The molecule has 0 amide bonds. The van der Waals surface area contributed by atoms with E-state index in [0.717, 1.165) is 18.8 Å². The van der Waals surface area contributed by atoms with Crippen LogP contribution in [0.4, 0.5) is 0 Å². The summed E-state index contributed by atoms with van der Waals surface area (Å²) in [6, 6.07) is 1.43. The fourth-order valence-electron chi connectivity index (χ4n) is 5.07. The zero-order chi connectivity index (χ0) is 13.0. The van der Waals surface area contributed by atoms with Crippen LogP contribution in [0.2, 0.25) is 0 Å². The number of nitrogens with two attached hydrogens (primary N) is 1. The first-order chi connectivity index (χ1) is 9.13. The minimum Gasteiger partial charge on any atom is -0.313 e. The molecule has 3 atom stereocenters. The summed E-state index contributed by atoms with van der Waals surface area (Å²) >= 11 is 0. The molecule has 3 unspecified atom stereocenters. The quantitative estimate of drug-likeness (QED) is 0.728. The molecule has 5 saturated heterocycles. The maximum Gasteiger partial charge on any atom is 0.0704 e. The van der Waals surface area contributed by atoms with Gasteiger partial charge in [0.25, 0.3) is 0 Å². The van der Waals surface area contributed by atoms with Gasteiger partial charge in [0.05, 0.1) is 11.8 Å². The van der Waals surface area contributed by atoms with Crippen LogP contribution in [0.5, 0.6) is 0 Å². The van der Waals surface area contributed by atoms with E-state index in [0.29, 0.717) is 18.2 Å². The van der Waals surface area contributed by atoms with Crippen LogP contribution < -0.4 is 11.1 Å². The van der Waals surface area contributed by atoms with Crippen LogP contribution in [-0.4, -0.2) is 53.8 Å².